The summed E-state index contributed by atoms with van der Waals surface area (Å²) in [6.45, 7) is -1.82. The van der Waals surface area contributed by atoms with Crippen LogP contribution in [0.2, 0.25) is 0 Å². The number of aliphatic hydroxyl groups is 1. The predicted molar refractivity (Wildman–Crippen MR) is 49.6 cm³/mol. The summed E-state index contributed by atoms with van der Waals surface area (Å²) in [5.41, 5.74) is 0. The molecule has 0 aliphatic carbocycles. The molecule has 0 spiro atoms. The summed E-state index contributed by atoms with van der Waals surface area (Å²) in [6, 6.07) is 0. The molecule has 0 radical (unpaired) electrons. The van der Waals surface area contributed by atoms with Crippen LogP contribution in [0.15, 0.2) is 0 Å². The Labute approximate surface area is 81.5 Å². The predicted octanol–water partition coefficient (Wildman–Crippen LogP) is -0.250. The van der Waals surface area contributed by atoms with Crippen molar-refractivity contribution in [2.45, 2.75) is 31.7 Å². The van der Waals surface area contributed by atoms with Crippen LogP contribution < -0.4 is 0 Å². The van der Waals surface area contributed by atoms with E-state index in [0.29, 0.717) is 6.42 Å². The third-order valence-electron chi connectivity index (χ3n) is 1.88. The van der Waals surface area contributed by atoms with Crippen molar-refractivity contribution in [1.82, 2.24) is 0 Å². The molecule has 78 valence electrons. The monoisotopic (exact) mass is 228 g/mol. The highest BCUT2D eigenvalue weighted by atomic mass is 32.5. The fourth-order valence-electron chi connectivity index (χ4n) is 1.20. The maximum atomic E-state index is 9.28. The lowest BCUT2D eigenvalue weighted by atomic mass is 10.2. The van der Waals surface area contributed by atoms with Crippen LogP contribution in [-0.2, 0) is 21.1 Å². The zero-order chi connectivity index (χ0) is 10.1. The molecule has 1 saturated heterocycles. The molecule has 0 aromatic carbocycles. The minimum atomic E-state index is -3.59. The number of aliphatic hydroxyl groups excluding tert-OH is 1. The van der Waals surface area contributed by atoms with Crippen LogP contribution >= 0.6 is 6.72 Å². The quantitative estimate of drug-likeness (QED) is 0.578. The highest BCUT2D eigenvalue weighted by Crippen LogP contribution is 2.37. The zero-order valence-electron chi connectivity index (χ0n) is 7.16. The van der Waals surface area contributed by atoms with Crippen molar-refractivity contribution in [3.63, 3.8) is 0 Å². The summed E-state index contributed by atoms with van der Waals surface area (Å²) in [4.78, 5) is 17.5. The van der Waals surface area contributed by atoms with Gasteiger partial charge in [-0.1, -0.05) is 0 Å². The standard InChI is InChI=1S/C6H13O5PS/c1-4-6(7)2-5(11-4)3-10-12(8,9)13/h4-7H,2-3H2,1H3,(H2,8,9,13)/t4-,5-,6+/m0/s1. The van der Waals surface area contributed by atoms with E-state index in [9.17, 15) is 5.11 Å². The SMILES string of the molecule is C[C@@H]1O[C@H](COP(O)(O)=S)C[C@H]1O. The molecule has 5 nitrogen and oxygen atoms in total. The first-order chi connectivity index (χ1) is 5.88. The van der Waals surface area contributed by atoms with E-state index in [4.69, 9.17) is 14.5 Å². The first kappa shape index (κ1) is 11.5. The summed E-state index contributed by atoms with van der Waals surface area (Å²) in [5.74, 6) is 0. The Morgan fingerprint density at radius 3 is 2.62 bits per heavy atom. The van der Waals surface area contributed by atoms with Gasteiger partial charge in [0, 0.05) is 6.42 Å². The highest BCUT2D eigenvalue weighted by Gasteiger charge is 2.31. The lowest BCUT2D eigenvalue weighted by Crippen LogP contribution is -2.16. The van der Waals surface area contributed by atoms with Crippen molar-refractivity contribution in [3.8, 4) is 0 Å². The Hall–Kier alpha value is 0.450. The molecule has 7 heteroatoms. The molecule has 1 rings (SSSR count). The number of hydrogen-bond acceptors (Lipinski definition) is 4. The van der Waals surface area contributed by atoms with Crippen molar-refractivity contribution < 1.29 is 24.2 Å². The third-order valence-corrected chi connectivity index (χ3v) is 2.68. The van der Waals surface area contributed by atoms with E-state index in [1.165, 1.54) is 0 Å². The molecule has 1 aliphatic heterocycles. The van der Waals surface area contributed by atoms with E-state index in [0.717, 1.165) is 0 Å². The van der Waals surface area contributed by atoms with Crippen LogP contribution in [-0.4, -0.2) is 39.8 Å². The van der Waals surface area contributed by atoms with Crippen LogP contribution in [0.4, 0.5) is 0 Å². The van der Waals surface area contributed by atoms with Crippen molar-refractivity contribution in [3.05, 3.63) is 0 Å². The van der Waals surface area contributed by atoms with Gasteiger partial charge in [-0.05, 0) is 18.7 Å². The first-order valence-electron chi connectivity index (χ1n) is 3.92. The molecular weight excluding hydrogens is 215 g/mol. The molecule has 3 atom stereocenters. The van der Waals surface area contributed by atoms with Gasteiger partial charge in [-0.2, -0.15) is 0 Å². The van der Waals surface area contributed by atoms with Gasteiger partial charge >= 0.3 is 6.72 Å². The molecule has 1 aliphatic rings. The molecule has 0 aromatic heterocycles. The van der Waals surface area contributed by atoms with E-state index in [-0.39, 0.29) is 18.8 Å². The second-order valence-corrected chi connectivity index (χ2v) is 5.72. The van der Waals surface area contributed by atoms with Gasteiger partial charge < -0.3 is 24.2 Å². The second kappa shape index (κ2) is 4.31. The third kappa shape index (κ3) is 3.99. The molecule has 0 unspecified atom stereocenters. The molecule has 1 heterocycles. The Kier molecular flexibility index (Phi) is 3.82. The van der Waals surface area contributed by atoms with Crippen molar-refractivity contribution >= 4 is 18.5 Å². The van der Waals surface area contributed by atoms with Gasteiger partial charge in [-0.15, -0.1) is 0 Å². The molecule has 0 saturated carbocycles. The van der Waals surface area contributed by atoms with E-state index < -0.39 is 12.8 Å². The van der Waals surface area contributed by atoms with Crippen LogP contribution in [0.25, 0.3) is 0 Å². The number of hydrogen-bond donors (Lipinski definition) is 3. The summed E-state index contributed by atoms with van der Waals surface area (Å²) in [7, 11) is 0. The van der Waals surface area contributed by atoms with Crippen molar-refractivity contribution in [2.24, 2.45) is 0 Å². The summed E-state index contributed by atoms with van der Waals surface area (Å²) in [5, 5.41) is 9.28. The van der Waals surface area contributed by atoms with Gasteiger partial charge in [0.15, 0.2) is 0 Å². The molecule has 1 fully saturated rings. The van der Waals surface area contributed by atoms with Gasteiger partial charge in [-0.25, -0.2) is 0 Å². The van der Waals surface area contributed by atoms with Gasteiger partial charge in [0.1, 0.15) is 0 Å². The van der Waals surface area contributed by atoms with E-state index >= 15 is 0 Å². The zero-order valence-corrected chi connectivity index (χ0v) is 8.87. The lowest BCUT2D eigenvalue weighted by molar-refractivity contribution is 0.00310. The summed E-state index contributed by atoms with van der Waals surface area (Å²) in [6.07, 6.45) is -0.601. The lowest BCUT2D eigenvalue weighted by Gasteiger charge is -2.13. The second-order valence-electron chi connectivity index (χ2n) is 3.05. The summed E-state index contributed by atoms with van der Waals surface area (Å²) >= 11 is 4.26. The largest absolute Gasteiger partial charge is 0.390 e. The number of ether oxygens (including phenoxy) is 1. The highest BCUT2D eigenvalue weighted by molar-refractivity contribution is 8.06. The molecule has 13 heavy (non-hydrogen) atoms. The normalized spacial score (nSPS) is 35.2. The van der Waals surface area contributed by atoms with E-state index in [1.54, 1.807) is 6.92 Å². The maximum absolute atomic E-state index is 9.28. The Bertz CT molecular complexity index is 207. The average Bonchev–Trinajstić information content (AvgIpc) is 2.27. The molecular formula is C6H13O5PS. The average molecular weight is 228 g/mol. The van der Waals surface area contributed by atoms with E-state index in [1.807, 2.05) is 0 Å². The van der Waals surface area contributed by atoms with Crippen LogP contribution in [0.5, 0.6) is 0 Å². The minimum Gasteiger partial charge on any atom is -0.390 e. The van der Waals surface area contributed by atoms with Gasteiger partial charge in [0.2, 0.25) is 0 Å². The van der Waals surface area contributed by atoms with E-state index in [2.05, 4.69) is 16.3 Å². The fraction of sp³-hybridized carbons (Fsp3) is 1.00. The van der Waals surface area contributed by atoms with Gasteiger partial charge in [0.05, 0.1) is 24.9 Å². The molecule has 3 N–H and O–H groups in total. The maximum Gasteiger partial charge on any atom is 0.321 e. The van der Waals surface area contributed by atoms with Crippen molar-refractivity contribution in [2.75, 3.05) is 6.61 Å². The Morgan fingerprint density at radius 1 is 1.62 bits per heavy atom. The minimum absolute atomic E-state index is 0.0195. The van der Waals surface area contributed by atoms with Gasteiger partial charge in [0.25, 0.3) is 0 Å². The van der Waals surface area contributed by atoms with Crippen molar-refractivity contribution in [1.29, 1.82) is 0 Å². The van der Waals surface area contributed by atoms with Gasteiger partial charge in [-0.3, -0.25) is 0 Å². The smallest absolute Gasteiger partial charge is 0.321 e. The Balaban J connectivity index is 2.29. The molecule has 0 aromatic rings. The summed E-state index contributed by atoms with van der Waals surface area (Å²) < 4.78 is 9.85. The fourth-order valence-corrected chi connectivity index (χ4v) is 1.74. The van der Waals surface area contributed by atoms with Crippen LogP contribution in [0.3, 0.4) is 0 Å². The van der Waals surface area contributed by atoms with Crippen LogP contribution in [0, 0.1) is 0 Å². The first-order valence-corrected chi connectivity index (χ1v) is 6.54. The molecule has 0 amide bonds. The topological polar surface area (TPSA) is 79.2 Å². The number of rotatable bonds is 3. The molecule has 0 bridgehead atoms. The Morgan fingerprint density at radius 2 is 2.23 bits per heavy atom. The van der Waals surface area contributed by atoms with Crippen LogP contribution in [0.1, 0.15) is 13.3 Å².